The summed E-state index contributed by atoms with van der Waals surface area (Å²) in [5, 5.41) is 3.26. The Hall–Kier alpha value is -1.35. The Bertz CT molecular complexity index is 442. The average molecular weight is 217 g/mol. The van der Waals surface area contributed by atoms with E-state index >= 15 is 0 Å². The first-order chi connectivity index (χ1) is 7.74. The Balaban J connectivity index is 2.02. The van der Waals surface area contributed by atoms with E-state index in [1.165, 1.54) is 16.7 Å². The molecule has 3 rings (SSSR count). The summed E-state index contributed by atoms with van der Waals surface area (Å²) in [7, 11) is 0. The molecule has 1 saturated heterocycles. The van der Waals surface area contributed by atoms with E-state index in [9.17, 15) is 4.79 Å². The number of ether oxygens (including phenoxy) is 1. The Morgan fingerprint density at radius 1 is 1.44 bits per heavy atom. The van der Waals surface area contributed by atoms with Crippen LogP contribution in [0.1, 0.15) is 29.2 Å². The van der Waals surface area contributed by atoms with Gasteiger partial charge < -0.3 is 10.1 Å². The molecule has 16 heavy (non-hydrogen) atoms. The molecule has 0 saturated carbocycles. The number of hydrogen-bond acceptors (Lipinski definition) is 3. The minimum Gasteiger partial charge on any atom is -0.455 e. The van der Waals surface area contributed by atoms with Gasteiger partial charge in [0, 0.05) is 6.04 Å². The Labute approximate surface area is 94.8 Å². The molecule has 0 spiro atoms. The van der Waals surface area contributed by atoms with Crippen molar-refractivity contribution in [2.75, 3.05) is 6.54 Å². The third-order valence-corrected chi connectivity index (χ3v) is 3.47. The number of carbonyl (C=O) groups excluding carboxylic acids is 1. The van der Waals surface area contributed by atoms with E-state index in [2.05, 4.69) is 30.4 Å². The summed E-state index contributed by atoms with van der Waals surface area (Å²) in [5.74, 6) is -0.143. The van der Waals surface area contributed by atoms with Crippen LogP contribution in [0.4, 0.5) is 0 Å². The molecule has 1 aromatic carbocycles. The number of morpholine rings is 1. The SMILES string of the molecule is Cc1ccc2c(c1)[C@H]1OC(=O)CN[C@@H]1CC2. The first kappa shape index (κ1) is 9.85. The second-order valence-electron chi connectivity index (χ2n) is 4.64. The number of fused-ring (bicyclic) bond motifs is 3. The highest BCUT2D eigenvalue weighted by Gasteiger charge is 2.35. The topological polar surface area (TPSA) is 38.3 Å². The van der Waals surface area contributed by atoms with Gasteiger partial charge in [0.05, 0.1) is 6.54 Å². The van der Waals surface area contributed by atoms with Crippen molar-refractivity contribution in [2.24, 2.45) is 0 Å². The first-order valence-corrected chi connectivity index (χ1v) is 5.76. The molecule has 1 heterocycles. The smallest absolute Gasteiger partial charge is 0.320 e. The number of esters is 1. The van der Waals surface area contributed by atoms with Crippen LogP contribution in [0.15, 0.2) is 18.2 Å². The highest BCUT2D eigenvalue weighted by atomic mass is 16.5. The van der Waals surface area contributed by atoms with Crippen LogP contribution in [0, 0.1) is 6.92 Å². The minimum absolute atomic E-state index is 0.0788. The maximum absolute atomic E-state index is 11.3. The van der Waals surface area contributed by atoms with Crippen LogP contribution in [0.3, 0.4) is 0 Å². The summed E-state index contributed by atoms with van der Waals surface area (Å²) < 4.78 is 5.47. The fourth-order valence-corrected chi connectivity index (χ4v) is 2.64. The molecule has 1 N–H and O–H groups in total. The van der Waals surface area contributed by atoms with Crippen molar-refractivity contribution in [2.45, 2.75) is 31.9 Å². The van der Waals surface area contributed by atoms with E-state index in [0.29, 0.717) is 12.6 Å². The lowest BCUT2D eigenvalue weighted by molar-refractivity contribution is -0.155. The fraction of sp³-hybridized carbons (Fsp3) is 0.462. The molecule has 2 atom stereocenters. The molecule has 1 aromatic rings. The van der Waals surface area contributed by atoms with Crippen LogP contribution in [-0.4, -0.2) is 18.6 Å². The van der Waals surface area contributed by atoms with Crippen molar-refractivity contribution < 1.29 is 9.53 Å². The van der Waals surface area contributed by atoms with Gasteiger partial charge in [-0.25, -0.2) is 0 Å². The van der Waals surface area contributed by atoms with E-state index < -0.39 is 0 Å². The Morgan fingerprint density at radius 3 is 3.19 bits per heavy atom. The largest absolute Gasteiger partial charge is 0.455 e. The molecule has 0 aromatic heterocycles. The average Bonchev–Trinajstić information content (AvgIpc) is 2.29. The van der Waals surface area contributed by atoms with Gasteiger partial charge in [-0.3, -0.25) is 4.79 Å². The third kappa shape index (κ3) is 1.52. The van der Waals surface area contributed by atoms with Gasteiger partial charge in [-0.15, -0.1) is 0 Å². The van der Waals surface area contributed by atoms with Gasteiger partial charge in [0.1, 0.15) is 6.10 Å². The molecule has 1 aliphatic heterocycles. The summed E-state index contributed by atoms with van der Waals surface area (Å²) in [6.45, 7) is 2.42. The lowest BCUT2D eigenvalue weighted by Crippen LogP contribution is -2.48. The molecule has 84 valence electrons. The highest BCUT2D eigenvalue weighted by molar-refractivity contribution is 5.73. The molecule has 0 amide bonds. The zero-order valence-electron chi connectivity index (χ0n) is 9.32. The van der Waals surface area contributed by atoms with Crippen molar-refractivity contribution in [1.29, 1.82) is 0 Å². The lowest BCUT2D eigenvalue weighted by Gasteiger charge is -2.37. The predicted molar refractivity (Wildman–Crippen MR) is 60.1 cm³/mol. The second kappa shape index (κ2) is 3.59. The summed E-state index contributed by atoms with van der Waals surface area (Å²) in [4.78, 5) is 11.3. The van der Waals surface area contributed by atoms with Crippen molar-refractivity contribution >= 4 is 5.97 Å². The van der Waals surface area contributed by atoms with E-state index in [4.69, 9.17) is 4.74 Å². The van der Waals surface area contributed by atoms with Gasteiger partial charge in [0.2, 0.25) is 0 Å². The summed E-state index contributed by atoms with van der Waals surface area (Å²) in [5.41, 5.74) is 3.74. The zero-order valence-corrected chi connectivity index (χ0v) is 9.32. The van der Waals surface area contributed by atoms with E-state index in [-0.39, 0.29) is 12.1 Å². The lowest BCUT2D eigenvalue weighted by atomic mass is 9.84. The number of carbonyl (C=O) groups is 1. The van der Waals surface area contributed by atoms with Crippen molar-refractivity contribution in [1.82, 2.24) is 5.32 Å². The molecule has 0 radical (unpaired) electrons. The first-order valence-electron chi connectivity index (χ1n) is 5.76. The Morgan fingerprint density at radius 2 is 2.31 bits per heavy atom. The third-order valence-electron chi connectivity index (χ3n) is 3.47. The minimum atomic E-state index is -0.143. The number of benzene rings is 1. The molecule has 1 fully saturated rings. The van der Waals surface area contributed by atoms with Crippen LogP contribution < -0.4 is 5.32 Å². The quantitative estimate of drug-likeness (QED) is 0.669. The predicted octanol–water partition coefficient (Wildman–Crippen LogP) is 1.50. The van der Waals surface area contributed by atoms with Crippen LogP contribution in [0.5, 0.6) is 0 Å². The van der Waals surface area contributed by atoms with Crippen molar-refractivity contribution in [3.05, 3.63) is 34.9 Å². The van der Waals surface area contributed by atoms with E-state index in [1.54, 1.807) is 0 Å². The van der Waals surface area contributed by atoms with Crippen molar-refractivity contribution in [3.63, 3.8) is 0 Å². The number of hydrogen-bond donors (Lipinski definition) is 1. The second-order valence-corrected chi connectivity index (χ2v) is 4.64. The monoisotopic (exact) mass is 217 g/mol. The maximum Gasteiger partial charge on any atom is 0.320 e. The van der Waals surface area contributed by atoms with Gasteiger partial charge in [0.15, 0.2) is 0 Å². The summed E-state index contributed by atoms with van der Waals surface area (Å²) in [6, 6.07) is 6.72. The summed E-state index contributed by atoms with van der Waals surface area (Å²) in [6.07, 6.45) is 2.04. The standard InChI is InChI=1S/C13H15NO2/c1-8-2-3-9-4-5-11-13(10(9)6-8)16-12(15)7-14-11/h2-3,6,11,13-14H,4-5,7H2,1H3/t11-,13-/m1/s1. The molecule has 1 aliphatic carbocycles. The molecular formula is C13H15NO2. The molecule has 3 heteroatoms. The molecular weight excluding hydrogens is 202 g/mol. The van der Waals surface area contributed by atoms with Crippen LogP contribution in [0.2, 0.25) is 0 Å². The van der Waals surface area contributed by atoms with Crippen LogP contribution in [0.25, 0.3) is 0 Å². The molecule has 0 bridgehead atoms. The van der Waals surface area contributed by atoms with Gasteiger partial charge in [0.25, 0.3) is 0 Å². The number of rotatable bonds is 0. The number of nitrogens with one attached hydrogen (secondary N) is 1. The number of aryl methyl sites for hydroxylation is 2. The maximum atomic E-state index is 11.3. The summed E-state index contributed by atoms with van der Waals surface area (Å²) >= 11 is 0. The molecule has 0 unspecified atom stereocenters. The highest BCUT2D eigenvalue weighted by Crippen LogP contribution is 2.34. The van der Waals surface area contributed by atoms with Crippen molar-refractivity contribution in [3.8, 4) is 0 Å². The van der Waals surface area contributed by atoms with Crippen LogP contribution in [-0.2, 0) is 16.0 Å². The van der Waals surface area contributed by atoms with Gasteiger partial charge >= 0.3 is 5.97 Å². The zero-order chi connectivity index (χ0) is 11.1. The van der Waals surface area contributed by atoms with E-state index in [1.807, 2.05) is 0 Å². The van der Waals surface area contributed by atoms with Gasteiger partial charge in [-0.1, -0.05) is 23.8 Å². The normalized spacial score (nSPS) is 27.9. The fourth-order valence-electron chi connectivity index (χ4n) is 2.64. The molecule has 2 aliphatic rings. The van der Waals surface area contributed by atoms with Gasteiger partial charge in [-0.2, -0.15) is 0 Å². The Kier molecular flexibility index (Phi) is 2.21. The van der Waals surface area contributed by atoms with Crippen LogP contribution >= 0.6 is 0 Å². The molecule has 3 nitrogen and oxygen atoms in total. The van der Waals surface area contributed by atoms with Gasteiger partial charge in [-0.05, 0) is 30.9 Å². The van der Waals surface area contributed by atoms with E-state index in [0.717, 1.165) is 12.8 Å².